The van der Waals surface area contributed by atoms with Gasteiger partial charge in [-0.2, -0.15) is 0 Å². The van der Waals surface area contributed by atoms with Gasteiger partial charge in [-0.1, -0.05) is 0 Å². The third-order valence-corrected chi connectivity index (χ3v) is 2.70. The van der Waals surface area contributed by atoms with Crippen LogP contribution in [0.5, 0.6) is 0 Å². The number of ketones is 1. The van der Waals surface area contributed by atoms with Crippen LogP contribution in [0.1, 0.15) is 17.3 Å². The zero-order chi connectivity index (χ0) is 10.7. The van der Waals surface area contributed by atoms with E-state index in [1.165, 1.54) is 5.69 Å². The SMILES string of the molecule is CC(=O)c1ccc(N2CC[N-]CC2)cc1.[W]. The van der Waals surface area contributed by atoms with E-state index in [1.807, 2.05) is 24.3 Å². The van der Waals surface area contributed by atoms with E-state index in [0.29, 0.717) is 0 Å². The van der Waals surface area contributed by atoms with Crippen LogP contribution in [0.4, 0.5) is 5.69 Å². The minimum absolute atomic E-state index is 0. The van der Waals surface area contributed by atoms with Crippen molar-refractivity contribution in [2.24, 2.45) is 0 Å². The molecule has 0 radical (unpaired) electrons. The Morgan fingerprint density at radius 3 is 2.25 bits per heavy atom. The molecule has 0 aromatic heterocycles. The Morgan fingerprint density at radius 2 is 1.75 bits per heavy atom. The minimum atomic E-state index is 0. The molecule has 0 aliphatic carbocycles. The number of hydrogen-bond donors (Lipinski definition) is 0. The van der Waals surface area contributed by atoms with Crippen molar-refractivity contribution in [1.29, 1.82) is 0 Å². The molecular formula is C12H15N2OW-. The number of carbonyl (C=O) groups excluding carboxylic acids is 1. The molecule has 1 aromatic carbocycles. The van der Waals surface area contributed by atoms with Crippen molar-refractivity contribution in [3.05, 3.63) is 35.1 Å². The fourth-order valence-electron chi connectivity index (χ4n) is 1.77. The molecule has 0 saturated carbocycles. The Balaban J connectivity index is 0.00000128. The van der Waals surface area contributed by atoms with E-state index in [2.05, 4.69) is 10.2 Å². The Kier molecular flexibility index (Phi) is 5.17. The van der Waals surface area contributed by atoms with Crippen LogP contribution >= 0.6 is 0 Å². The molecule has 2 rings (SSSR count). The predicted molar refractivity (Wildman–Crippen MR) is 61.8 cm³/mol. The van der Waals surface area contributed by atoms with E-state index in [-0.39, 0.29) is 26.8 Å². The van der Waals surface area contributed by atoms with Gasteiger partial charge in [0, 0.05) is 32.3 Å². The molecule has 1 fully saturated rings. The Labute approximate surface area is 110 Å². The van der Waals surface area contributed by atoms with Crippen LogP contribution in [0.25, 0.3) is 5.32 Å². The molecule has 1 heterocycles. The van der Waals surface area contributed by atoms with Gasteiger partial charge in [0.1, 0.15) is 0 Å². The van der Waals surface area contributed by atoms with Gasteiger partial charge in [0.05, 0.1) is 0 Å². The first-order chi connectivity index (χ1) is 7.27. The molecule has 1 aromatic rings. The van der Waals surface area contributed by atoms with Gasteiger partial charge in [0.2, 0.25) is 0 Å². The average Bonchev–Trinajstić information content (AvgIpc) is 2.30. The standard InChI is InChI=1S/C12H15N2O.W/c1-10(15)11-2-4-12(5-3-11)14-8-6-13-7-9-14;/h2-5H,6-9H2,1H3;/q-1;. The summed E-state index contributed by atoms with van der Waals surface area (Å²) in [5.74, 6) is 0.121. The Morgan fingerprint density at radius 1 is 1.19 bits per heavy atom. The molecule has 3 nitrogen and oxygen atoms in total. The van der Waals surface area contributed by atoms with Crippen molar-refractivity contribution in [1.82, 2.24) is 0 Å². The zero-order valence-electron chi connectivity index (χ0n) is 9.35. The molecule has 0 bridgehead atoms. The smallest absolute Gasteiger partial charge is 0.159 e. The summed E-state index contributed by atoms with van der Waals surface area (Å²) < 4.78 is 0. The normalized spacial score (nSPS) is 15.4. The van der Waals surface area contributed by atoms with Gasteiger partial charge in [0.25, 0.3) is 0 Å². The summed E-state index contributed by atoms with van der Waals surface area (Å²) in [6, 6.07) is 7.82. The van der Waals surface area contributed by atoms with Crippen molar-refractivity contribution in [2.75, 3.05) is 31.1 Å². The number of benzene rings is 1. The molecule has 0 unspecified atom stereocenters. The van der Waals surface area contributed by atoms with Crippen molar-refractivity contribution in [2.45, 2.75) is 6.92 Å². The van der Waals surface area contributed by atoms with Crippen LogP contribution in [-0.4, -0.2) is 32.0 Å². The summed E-state index contributed by atoms with van der Waals surface area (Å²) in [6.07, 6.45) is 0. The third kappa shape index (κ3) is 3.16. The van der Waals surface area contributed by atoms with Crippen LogP contribution in [0.2, 0.25) is 0 Å². The van der Waals surface area contributed by atoms with Crippen LogP contribution in [-0.2, 0) is 21.1 Å². The number of anilines is 1. The summed E-state index contributed by atoms with van der Waals surface area (Å²) in [7, 11) is 0. The quantitative estimate of drug-likeness (QED) is 0.729. The van der Waals surface area contributed by atoms with Crippen molar-refractivity contribution in [3.8, 4) is 0 Å². The third-order valence-electron chi connectivity index (χ3n) is 2.70. The van der Waals surface area contributed by atoms with Gasteiger partial charge < -0.3 is 10.2 Å². The molecule has 86 valence electrons. The van der Waals surface area contributed by atoms with Gasteiger partial charge >= 0.3 is 0 Å². The van der Waals surface area contributed by atoms with Crippen LogP contribution in [0.15, 0.2) is 24.3 Å². The van der Waals surface area contributed by atoms with E-state index >= 15 is 0 Å². The maximum atomic E-state index is 11.1. The average molecular weight is 387 g/mol. The van der Waals surface area contributed by atoms with E-state index in [1.54, 1.807) is 6.92 Å². The molecular weight excluding hydrogens is 372 g/mol. The van der Waals surface area contributed by atoms with Gasteiger partial charge in [-0.25, -0.2) is 0 Å². The van der Waals surface area contributed by atoms with E-state index in [4.69, 9.17) is 0 Å². The number of piperazine rings is 1. The largest absolute Gasteiger partial charge is 0.659 e. The topological polar surface area (TPSA) is 34.4 Å². The van der Waals surface area contributed by atoms with E-state index in [0.717, 1.165) is 31.7 Å². The molecule has 1 aliphatic heterocycles. The number of carbonyl (C=O) groups is 1. The fraction of sp³-hybridized carbons (Fsp3) is 0.417. The molecule has 0 N–H and O–H groups in total. The predicted octanol–water partition coefficient (Wildman–Crippen LogP) is 2.08. The summed E-state index contributed by atoms with van der Waals surface area (Å²) >= 11 is 0. The maximum absolute atomic E-state index is 11.1. The summed E-state index contributed by atoms with van der Waals surface area (Å²) in [5.41, 5.74) is 1.97. The van der Waals surface area contributed by atoms with E-state index < -0.39 is 0 Å². The molecule has 1 aliphatic rings. The Hall–Kier alpha value is -0.662. The molecule has 1 saturated heterocycles. The second-order valence-electron chi connectivity index (χ2n) is 3.76. The van der Waals surface area contributed by atoms with Crippen molar-refractivity contribution < 1.29 is 25.9 Å². The summed E-state index contributed by atoms with van der Waals surface area (Å²) in [6.45, 7) is 5.39. The van der Waals surface area contributed by atoms with Crippen molar-refractivity contribution >= 4 is 11.5 Å². The van der Waals surface area contributed by atoms with Gasteiger partial charge in [-0.15, -0.1) is 13.1 Å². The fourth-order valence-corrected chi connectivity index (χ4v) is 1.77. The number of Topliss-reactive ketones (excluding diaryl/α,β-unsaturated/α-hetero) is 1. The first-order valence-electron chi connectivity index (χ1n) is 5.26. The number of hydrogen-bond acceptors (Lipinski definition) is 2. The van der Waals surface area contributed by atoms with E-state index in [9.17, 15) is 4.79 Å². The maximum Gasteiger partial charge on any atom is 0.159 e. The molecule has 0 atom stereocenters. The van der Waals surface area contributed by atoms with Gasteiger partial charge in [-0.3, -0.25) is 4.79 Å². The zero-order valence-corrected chi connectivity index (χ0v) is 12.3. The first-order valence-corrected chi connectivity index (χ1v) is 5.26. The minimum Gasteiger partial charge on any atom is -0.659 e. The van der Waals surface area contributed by atoms with Crippen molar-refractivity contribution in [3.63, 3.8) is 0 Å². The molecule has 0 spiro atoms. The first kappa shape index (κ1) is 13.4. The summed E-state index contributed by atoms with van der Waals surface area (Å²) in [5, 5.41) is 4.30. The summed E-state index contributed by atoms with van der Waals surface area (Å²) in [4.78, 5) is 13.4. The second kappa shape index (κ2) is 6.17. The van der Waals surface area contributed by atoms with Crippen LogP contribution in [0.3, 0.4) is 0 Å². The number of rotatable bonds is 2. The van der Waals surface area contributed by atoms with Gasteiger partial charge in [0.15, 0.2) is 5.78 Å². The van der Waals surface area contributed by atoms with Crippen LogP contribution < -0.4 is 4.90 Å². The Bertz CT molecular complexity index is 345. The second-order valence-corrected chi connectivity index (χ2v) is 3.76. The molecule has 0 amide bonds. The molecule has 16 heavy (non-hydrogen) atoms. The van der Waals surface area contributed by atoms with Gasteiger partial charge in [-0.05, 0) is 44.3 Å². The molecule has 4 heteroatoms. The monoisotopic (exact) mass is 387 g/mol. The number of nitrogens with zero attached hydrogens (tertiary/aromatic N) is 2. The van der Waals surface area contributed by atoms with Crippen LogP contribution in [0, 0.1) is 0 Å².